The van der Waals surface area contributed by atoms with Gasteiger partial charge in [-0.25, -0.2) is 9.59 Å². The molecule has 0 saturated carbocycles. The highest BCUT2D eigenvalue weighted by molar-refractivity contribution is 6.31. The van der Waals surface area contributed by atoms with Gasteiger partial charge in [0.05, 0.1) is 11.3 Å². The quantitative estimate of drug-likeness (QED) is 0.901. The topological polar surface area (TPSA) is 69.6 Å². The lowest BCUT2D eigenvalue weighted by atomic mass is 10.2. The molecule has 1 rings (SSSR count). The Balaban J connectivity index is 2.90. The van der Waals surface area contributed by atoms with E-state index >= 15 is 0 Å². The van der Waals surface area contributed by atoms with Crippen molar-refractivity contribution in [3.05, 3.63) is 28.8 Å². The number of alkyl halides is 3. The number of rotatable bonds is 3. The van der Waals surface area contributed by atoms with Crippen LogP contribution >= 0.6 is 11.6 Å². The highest BCUT2D eigenvalue weighted by Gasteiger charge is 2.31. The first kappa shape index (κ1) is 16.1. The van der Waals surface area contributed by atoms with Crippen molar-refractivity contribution < 1.29 is 27.9 Å². The van der Waals surface area contributed by atoms with Crippen LogP contribution in [0.4, 0.5) is 23.7 Å². The molecule has 5 nitrogen and oxygen atoms in total. The molecule has 2 N–H and O–H groups in total. The van der Waals surface area contributed by atoms with Crippen LogP contribution in [0.15, 0.2) is 18.2 Å². The van der Waals surface area contributed by atoms with E-state index in [1.807, 2.05) is 0 Å². The smallest absolute Gasteiger partial charge is 0.406 e. The largest absolute Gasteiger partial charge is 0.478 e. The van der Waals surface area contributed by atoms with Gasteiger partial charge in [0.2, 0.25) is 0 Å². The van der Waals surface area contributed by atoms with E-state index in [4.69, 9.17) is 16.7 Å². The SMILES string of the molecule is CN(CC(F)(F)F)C(=O)Nc1cc(Cl)ccc1C(=O)O. The summed E-state index contributed by atoms with van der Waals surface area (Å²) in [7, 11) is 0.938. The molecule has 0 aliphatic carbocycles. The summed E-state index contributed by atoms with van der Waals surface area (Å²) in [6, 6.07) is 2.49. The minimum absolute atomic E-state index is 0.142. The average molecular weight is 311 g/mol. The molecule has 9 heteroatoms. The second kappa shape index (κ2) is 6.00. The van der Waals surface area contributed by atoms with Crippen LogP contribution in [-0.2, 0) is 0 Å². The van der Waals surface area contributed by atoms with Gasteiger partial charge in [-0.1, -0.05) is 11.6 Å². The molecule has 0 heterocycles. The zero-order chi connectivity index (χ0) is 15.5. The van der Waals surface area contributed by atoms with E-state index in [1.54, 1.807) is 0 Å². The second-order valence-corrected chi connectivity index (χ2v) is 4.33. The minimum Gasteiger partial charge on any atom is -0.478 e. The minimum atomic E-state index is -4.55. The fourth-order valence-corrected chi connectivity index (χ4v) is 1.53. The molecule has 1 aromatic carbocycles. The van der Waals surface area contributed by atoms with Gasteiger partial charge in [0.25, 0.3) is 0 Å². The van der Waals surface area contributed by atoms with E-state index in [0.717, 1.165) is 19.2 Å². The third kappa shape index (κ3) is 4.61. The van der Waals surface area contributed by atoms with Crippen molar-refractivity contribution in [3.8, 4) is 0 Å². The maximum absolute atomic E-state index is 12.1. The van der Waals surface area contributed by atoms with Crippen molar-refractivity contribution >= 4 is 29.3 Å². The Morgan fingerprint density at radius 2 is 2.00 bits per heavy atom. The molecule has 0 spiro atoms. The van der Waals surface area contributed by atoms with E-state index < -0.39 is 24.7 Å². The number of benzene rings is 1. The van der Waals surface area contributed by atoms with E-state index in [9.17, 15) is 22.8 Å². The Kier molecular flexibility index (Phi) is 4.83. The van der Waals surface area contributed by atoms with Gasteiger partial charge in [-0.05, 0) is 18.2 Å². The van der Waals surface area contributed by atoms with Crippen molar-refractivity contribution in [1.82, 2.24) is 4.90 Å². The number of anilines is 1. The lowest BCUT2D eigenvalue weighted by Gasteiger charge is -2.20. The van der Waals surface area contributed by atoms with Crippen LogP contribution in [0.5, 0.6) is 0 Å². The third-order valence-electron chi connectivity index (χ3n) is 2.22. The highest BCUT2D eigenvalue weighted by Crippen LogP contribution is 2.22. The van der Waals surface area contributed by atoms with Crippen LogP contribution in [-0.4, -0.2) is 41.8 Å². The summed E-state index contributed by atoms with van der Waals surface area (Å²) in [6.07, 6.45) is -4.55. The Morgan fingerprint density at radius 3 is 2.50 bits per heavy atom. The molecule has 0 unspecified atom stereocenters. The number of carboxylic acids is 1. The van der Waals surface area contributed by atoms with Gasteiger partial charge in [-0.2, -0.15) is 13.2 Å². The summed E-state index contributed by atoms with van der Waals surface area (Å²) in [5.41, 5.74) is -0.452. The summed E-state index contributed by atoms with van der Waals surface area (Å²) < 4.78 is 36.4. The third-order valence-corrected chi connectivity index (χ3v) is 2.45. The summed E-state index contributed by atoms with van der Waals surface area (Å²) in [6.45, 7) is -1.46. The monoisotopic (exact) mass is 310 g/mol. The summed E-state index contributed by atoms with van der Waals surface area (Å²) in [5, 5.41) is 11.1. The Hall–Kier alpha value is -1.96. The molecular weight excluding hydrogens is 301 g/mol. The number of aromatic carboxylic acids is 1. The van der Waals surface area contributed by atoms with Crippen LogP contribution in [0.3, 0.4) is 0 Å². The van der Waals surface area contributed by atoms with Crippen molar-refractivity contribution in [1.29, 1.82) is 0 Å². The second-order valence-electron chi connectivity index (χ2n) is 3.90. The Bertz CT molecular complexity index is 534. The maximum atomic E-state index is 12.1. The lowest BCUT2D eigenvalue weighted by Crippen LogP contribution is -2.38. The molecule has 0 atom stereocenters. The van der Waals surface area contributed by atoms with Crippen LogP contribution in [0, 0.1) is 0 Å². The predicted octanol–water partition coefficient (Wildman–Crippen LogP) is 3.06. The van der Waals surface area contributed by atoms with Gasteiger partial charge in [0, 0.05) is 12.1 Å². The Morgan fingerprint density at radius 1 is 1.40 bits per heavy atom. The molecule has 0 aliphatic heterocycles. The molecule has 0 aromatic heterocycles. The molecular formula is C11H10ClF3N2O3. The number of hydrogen-bond donors (Lipinski definition) is 2. The van der Waals surface area contributed by atoms with Crippen molar-refractivity contribution in [2.45, 2.75) is 6.18 Å². The number of nitrogens with one attached hydrogen (secondary N) is 1. The molecule has 0 bridgehead atoms. The van der Waals surface area contributed by atoms with Crippen LogP contribution < -0.4 is 5.32 Å². The first-order valence-electron chi connectivity index (χ1n) is 5.22. The van der Waals surface area contributed by atoms with E-state index in [2.05, 4.69) is 5.32 Å². The first-order chi connectivity index (χ1) is 9.10. The molecule has 1 aromatic rings. The van der Waals surface area contributed by atoms with Crippen LogP contribution in [0.1, 0.15) is 10.4 Å². The molecule has 20 heavy (non-hydrogen) atoms. The van der Waals surface area contributed by atoms with Crippen molar-refractivity contribution in [2.75, 3.05) is 18.9 Å². The number of carbonyl (C=O) groups is 2. The summed E-state index contributed by atoms with van der Waals surface area (Å²) >= 11 is 5.65. The molecule has 0 aliphatic rings. The number of nitrogens with zero attached hydrogens (tertiary/aromatic N) is 1. The predicted molar refractivity (Wildman–Crippen MR) is 66.1 cm³/mol. The molecule has 0 saturated heterocycles. The fourth-order valence-electron chi connectivity index (χ4n) is 1.36. The van der Waals surface area contributed by atoms with Gasteiger partial charge in [0.1, 0.15) is 6.54 Å². The van der Waals surface area contributed by atoms with Crippen LogP contribution in [0.2, 0.25) is 5.02 Å². The zero-order valence-corrected chi connectivity index (χ0v) is 10.9. The van der Waals surface area contributed by atoms with E-state index in [-0.39, 0.29) is 16.3 Å². The van der Waals surface area contributed by atoms with Crippen molar-refractivity contribution in [3.63, 3.8) is 0 Å². The Labute approximate surface area is 116 Å². The molecule has 0 fully saturated rings. The highest BCUT2D eigenvalue weighted by atomic mass is 35.5. The number of halogens is 4. The molecule has 2 amide bonds. The summed E-state index contributed by atoms with van der Waals surface area (Å²) in [5.74, 6) is -1.34. The van der Waals surface area contributed by atoms with Crippen LogP contribution in [0.25, 0.3) is 0 Å². The van der Waals surface area contributed by atoms with E-state index in [1.165, 1.54) is 6.07 Å². The van der Waals surface area contributed by atoms with Gasteiger partial charge in [-0.3, -0.25) is 0 Å². The number of carboxylic acid groups (broad SMARTS) is 1. The van der Waals surface area contributed by atoms with Gasteiger partial charge < -0.3 is 15.3 Å². The van der Waals surface area contributed by atoms with Gasteiger partial charge in [0.15, 0.2) is 0 Å². The number of urea groups is 1. The molecule has 0 radical (unpaired) electrons. The van der Waals surface area contributed by atoms with Crippen molar-refractivity contribution in [2.24, 2.45) is 0 Å². The summed E-state index contributed by atoms with van der Waals surface area (Å²) in [4.78, 5) is 22.9. The normalized spacial score (nSPS) is 11.1. The maximum Gasteiger partial charge on any atom is 0.406 e. The first-order valence-corrected chi connectivity index (χ1v) is 5.59. The lowest BCUT2D eigenvalue weighted by molar-refractivity contribution is -0.137. The standard InChI is InChI=1S/C11H10ClF3N2O3/c1-17(5-11(13,14)15)10(20)16-8-4-6(12)2-3-7(8)9(18)19/h2-4H,5H2,1H3,(H,16,20)(H,18,19). The number of hydrogen-bond acceptors (Lipinski definition) is 2. The molecule has 110 valence electrons. The van der Waals surface area contributed by atoms with E-state index in [0.29, 0.717) is 4.90 Å². The average Bonchev–Trinajstić information content (AvgIpc) is 2.26. The number of carbonyl (C=O) groups excluding carboxylic acids is 1. The fraction of sp³-hybridized carbons (Fsp3) is 0.273. The zero-order valence-electron chi connectivity index (χ0n) is 10.2. The number of amides is 2. The van der Waals surface area contributed by atoms with Gasteiger partial charge in [-0.15, -0.1) is 0 Å². The van der Waals surface area contributed by atoms with Gasteiger partial charge >= 0.3 is 18.2 Å².